The zero-order chi connectivity index (χ0) is 13.9. The van der Waals surface area contributed by atoms with Gasteiger partial charge < -0.3 is 19.9 Å². The molecule has 0 bridgehead atoms. The minimum absolute atomic E-state index is 0.00306. The Morgan fingerprint density at radius 1 is 1.35 bits per heavy atom. The lowest BCUT2D eigenvalue weighted by atomic mass is 9.90. The van der Waals surface area contributed by atoms with Crippen molar-refractivity contribution in [3.05, 3.63) is 23.8 Å². The first-order valence-electron chi connectivity index (χ1n) is 7.15. The normalized spacial score (nSPS) is 26.7. The average Bonchev–Trinajstić information content (AvgIpc) is 2.51. The molecule has 5 heteroatoms. The first kappa shape index (κ1) is 13.7. The molecule has 0 aromatic heterocycles. The van der Waals surface area contributed by atoms with Crippen molar-refractivity contribution in [2.24, 2.45) is 11.7 Å². The fourth-order valence-corrected chi connectivity index (χ4v) is 2.94. The Kier molecular flexibility index (Phi) is 4.10. The molecule has 0 amide bonds. The Hall–Kier alpha value is -1.30. The van der Waals surface area contributed by atoms with Crippen molar-refractivity contribution in [1.29, 1.82) is 0 Å². The summed E-state index contributed by atoms with van der Waals surface area (Å²) in [7, 11) is 1.66. The molecule has 20 heavy (non-hydrogen) atoms. The van der Waals surface area contributed by atoms with E-state index in [1.807, 2.05) is 18.2 Å². The van der Waals surface area contributed by atoms with Gasteiger partial charge in [0.15, 0.2) is 11.5 Å². The predicted molar refractivity (Wildman–Crippen MR) is 76.2 cm³/mol. The van der Waals surface area contributed by atoms with Gasteiger partial charge in [0.1, 0.15) is 0 Å². The van der Waals surface area contributed by atoms with Crippen molar-refractivity contribution < 1.29 is 14.2 Å². The summed E-state index contributed by atoms with van der Waals surface area (Å²) >= 11 is 0. The molecule has 110 valence electrons. The number of hydrogen-bond acceptors (Lipinski definition) is 5. The van der Waals surface area contributed by atoms with E-state index in [-0.39, 0.29) is 6.04 Å². The zero-order valence-corrected chi connectivity index (χ0v) is 11.9. The molecular formula is C15H22N2O3. The Morgan fingerprint density at radius 2 is 2.15 bits per heavy atom. The smallest absolute Gasteiger partial charge is 0.165 e. The summed E-state index contributed by atoms with van der Waals surface area (Å²) < 4.78 is 16.6. The lowest BCUT2D eigenvalue weighted by Crippen LogP contribution is -2.44. The monoisotopic (exact) mass is 278 g/mol. The number of ether oxygens (including phenoxy) is 3. The lowest BCUT2D eigenvalue weighted by Gasteiger charge is -2.36. The summed E-state index contributed by atoms with van der Waals surface area (Å²) in [5, 5.41) is 0. The van der Waals surface area contributed by atoms with Gasteiger partial charge in [0.05, 0.1) is 26.9 Å². The SMILES string of the molecule is COc1cccc2c1OCC(CN1CCOCC1)C2N. The topological polar surface area (TPSA) is 57.0 Å². The molecule has 2 heterocycles. The van der Waals surface area contributed by atoms with Gasteiger partial charge in [-0.3, -0.25) is 4.90 Å². The Bertz CT molecular complexity index is 460. The van der Waals surface area contributed by atoms with E-state index in [0.29, 0.717) is 12.5 Å². The molecule has 0 spiro atoms. The molecule has 1 aromatic carbocycles. The van der Waals surface area contributed by atoms with Crippen molar-refractivity contribution in [3.63, 3.8) is 0 Å². The summed E-state index contributed by atoms with van der Waals surface area (Å²) in [6.07, 6.45) is 0. The van der Waals surface area contributed by atoms with Crippen LogP contribution in [0, 0.1) is 5.92 Å². The van der Waals surface area contributed by atoms with Gasteiger partial charge in [0, 0.05) is 37.2 Å². The Labute approximate surface area is 119 Å². The van der Waals surface area contributed by atoms with Crippen molar-refractivity contribution in [3.8, 4) is 11.5 Å². The lowest BCUT2D eigenvalue weighted by molar-refractivity contribution is 0.0216. The van der Waals surface area contributed by atoms with E-state index >= 15 is 0 Å². The van der Waals surface area contributed by atoms with Gasteiger partial charge in [-0.25, -0.2) is 0 Å². The number of rotatable bonds is 3. The maximum atomic E-state index is 6.44. The molecule has 2 atom stereocenters. The van der Waals surface area contributed by atoms with Crippen molar-refractivity contribution in [2.45, 2.75) is 6.04 Å². The molecule has 1 aromatic rings. The van der Waals surface area contributed by atoms with Crippen LogP contribution in [0.4, 0.5) is 0 Å². The van der Waals surface area contributed by atoms with Crippen molar-refractivity contribution >= 4 is 0 Å². The van der Waals surface area contributed by atoms with E-state index in [9.17, 15) is 0 Å². The molecular weight excluding hydrogens is 256 g/mol. The predicted octanol–water partition coefficient (Wildman–Crippen LogP) is 1.04. The zero-order valence-electron chi connectivity index (χ0n) is 11.9. The van der Waals surface area contributed by atoms with Crippen LogP contribution in [0.1, 0.15) is 11.6 Å². The van der Waals surface area contributed by atoms with Crippen LogP contribution in [0.2, 0.25) is 0 Å². The molecule has 0 aliphatic carbocycles. The number of nitrogens with two attached hydrogens (primary N) is 1. The first-order valence-corrected chi connectivity index (χ1v) is 7.15. The van der Waals surface area contributed by atoms with Crippen LogP contribution in [-0.4, -0.2) is 51.5 Å². The van der Waals surface area contributed by atoms with E-state index in [1.165, 1.54) is 0 Å². The second-order valence-corrected chi connectivity index (χ2v) is 5.39. The molecule has 5 nitrogen and oxygen atoms in total. The van der Waals surface area contributed by atoms with Crippen molar-refractivity contribution in [2.75, 3.05) is 46.6 Å². The third-order valence-electron chi connectivity index (χ3n) is 4.13. The molecule has 3 rings (SSSR count). The van der Waals surface area contributed by atoms with Crippen LogP contribution < -0.4 is 15.2 Å². The summed E-state index contributed by atoms with van der Waals surface area (Å²) in [4.78, 5) is 2.41. The number of benzene rings is 1. The van der Waals surface area contributed by atoms with Crippen LogP contribution in [0.5, 0.6) is 11.5 Å². The fraction of sp³-hybridized carbons (Fsp3) is 0.600. The third kappa shape index (κ3) is 2.61. The van der Waals surface area contributed by atoms with E-state index in [2.05, 4.69) is 4.90 Å². The summed E-state index contributed by atoms with van der Waals surface area (Å²) in [6, 6.07) is 5.91. The van der Waals surface area contributed by atoms with Gasteiger partial charge in [0.2, 0.25) is 0 Å². The van der Waals surface area contributed by atoms with Gasteiger partial charge in [0.25, 0.3) is 0 Å². The number of nitrogens with zero attached hydrogens (tertiary/aromatic N) is 1. The number of fused-ring (bicyclic) bond motifs is 1. The molecule has 1 saturated heterocycles. The van der Waals surface area contributed by atoms with Gasteiger partial charge in [-0.05, 0) is 6.07 Å². The van der Waals surface area contributed by atoms with Gasteiger partial charge in [-0.15, -0.1) is 0 Å². The van der Waals surface area contributed by atoms with E-state index < -0.39 is 0 Å². The summed E-state index contributed by atoms with van der Waals surface area (Å²) in [5.74, 6) is 1.89. The van der Waals surface area contributed by atoms with Gasteiger partial charge in [-0.1, -0.05) is 12.1 Å². The third-order valence-corrected chi connectivity index (χ3v) is 4.13. The minimum atomic E-state index is -0.00306. The Morgan fingerprint density at radius 3 is 2.90 bits per heavy atom. The van der Waals surface area contributed by atoms with Crippen LogP contribution in [-0.2, 0) is 4.74 Å². The highest BCUT2D eigenvalue weighted by molar-refractivity contribution is 5.49. The van der Waals surface area contributed by atoms with Crippen molar-refractivity contribution in [1.82, 2.24) is 4.90 Å². The van der Waals surface area contributed by atoms with Gasteiger partial charge in [-0.2, -0.15) is 0 Å². The van der Waals surface area contributed by atoms with Crippen LogP contribution in [0.25, 0.3) is 0 Å². The molecule has 2 aliphatic heterocycles. The highest BCUT2D eigenvalue weighted by atomic mass is 16.5. The highest BCUT2D eigenvalue weighted by Crippen LogP contribution is 2.40. The Balaban J connectivity index is 1.73. The molecule has 0 radical (unpaired) electrons. The second-order valence-electron chi connectivity index (χ2n) is 5.39. The molecule has 1 fully saturated rings. The number of hydrogen-bond donors (Lipinski definition) is 1. The second kappa shape index (κ2) is 5.99. The quantitative estimate of drug-likeness (QED) is 0.895. The van der Waals surface area contributed by atoms with Crippen LogP contribution in [0.3, 0.4) is 0 Å². The fourth-order valence-electron chi connectivity index (χ4n) is 2.94. The van der Waals surface area contributed by atoms with E-state index in [4.69, 9.17) is 19.9 Å². The van der Waals surface area contributed by atoms with E-state index in [0.717, 1.165) is 49.9 Å². The minimum Gasteiger partial charge on any atom is -0.493 e. The highest BCUT2D eigenvalue weighted by Gasteiger charge is 2.31. The molecule has 2 N–H and O–H groups in total. The van der Waals surface area contributed by atoms with Crippen LogP contribution in [0.15, 0.2) is 18.2 Å². The summed E-state index contributed by atoms with van der Waals surface area (Å²) in [6.45, 7) is 5.19. The first-order chi connectivity index (χ1) is 9.79. The molecule has 2 aliphatic rings. The average molecular weight is 278 g/mol. The van der Waals surface area contributed by atoms with E-state index in [1.54, 1.807) is 7.11 Å². The summed E-state index contributed by atoms with van der Waals surface area (Å²) in [5.41, 5.74) is 7.49. The largest absolute Gasteiger partial charge is 0.493 e. The maximum absolute atomic E-state index is 6.44. The number of morpholine rings is 1. The van der Waals surface area contributed by atoms with Gasteiger partial charge >= 0.3 is 0 Å². The number of para-hydroxylation sites is 1. The maximum Gasteiger partial charge on any atom is 0.165 e. The standard InChI is InChI=1S/C15H22N2O3/c1-18-13-4-2-3-12-14(16)11(10-20-15(12)13)9-17-5-7-19-8-6-17/h2-4,11,14H,5-10,16H2,1H3. The van der Waals surface area contributed by atoms with Crippen LogP contribution >= 0.6 is 0 Å². The number of methoxy groups -OCH3 is 1. The molecule has 0 saturated carbocycles. The molecule has 2 unspecified atom stereocenters.